The fourth-order valence-corrected chi connectivity index (χ4v) is 4.39. The topological polar surface area (TPSA) is 49.9 Å². The van der Waals surface area contributed by atoms with Crippen molar-refractivity contribution in [3.63, 3.8) is 0 Å². The third kappa shape index (κ3) is 3.06. The highest BCUT2D eigenvalue weighted by molar-refractivity contribution is 6.31. The lowest BCUT2D eigenvalue weighted by Gasteiger charge is -2.28. The van der Waals surface area contributed by atoms with Crippen molar-refractivity contribution in [2.45, 2.75) is 12.1 Å². The largest absolute Gasteiger partial charge is 0.273 e. The molecule has 3 aromatic carbocycles. The van der Waals surface area contributed by atoms with Crippen molar-refractivity contribution in [2.24, 2.45) is 5.92 Å². The van der Waals surface area contributed by atoms with E-state index in [1.807, 2.05) is 42.5 Å². The molecule has 0 aliphatic carbocycles. The number of hydroxylamine groups is 1. The van der Waals surface area contributed by atoms with Gasteiger partial charge in [-0.15, -0.1) is 0 Å². The number of halogens is 2. The number of carbonyl (C=O) groups is 2. The molecule has 2 saturated heterocycles. The van der Waals surface area contributed by atoms with E-state index in [2.05, 4.69) is 0 Å². The molecule has 3 aromatic rings. The van der Waals surface area contributed by atoms with Crippen molar-refractivity contribution in [3.05, 3.63) is 94.5 Å². The smallest absolute Gasteiger partial charge is 0.266 e. The molecule has 0 radical (unpaired) electrons. The second-order valence-electron chi connectivity index (χ2n) is 7.20. The molecule has 2 heterocycles. The minimum atomic E-state index is -0.919. The molecule has 0 saturated carbocycles. The lowest BCUT2D eigenvalue weighted by atomic mass is 9.90. The van der Waals surface area contributed by atoms with Gasteiger partial charge < -0.3 is 0 Å². The second-order valence-corrected chi connectivity index (χ2v) is 8.07. The Hall–Kier alpha value is -2.86. The van der Waals surface area contributed by atoms with Crippen LogP contribution in [0, 0.1) is 5.92 Å². The van der Waals surface area contributed by atoms with Gasteiger partial charge in [-0.1, -0.05) is 59.6 Å². The molecule has 3 unspecified atom stereocenters. The van der Waals surface area contributed by atoms with E-state index in [1.165, 1.54) is 4.90 Å². The van der Waals surface area contributed by atoms with Crippen LogP contribution in [0.4, 0.5) is 11.4 Å². The van der Waals surface area contributed by atoms with Crippen molar-refractivity contribution >= 4 is 46.4 Å². The summed E-state index contributed by atoms with van der Waals surface area (Å²) in [5.74, 6) is -1.41. The Bertz CT molecular complexity index is 1120. The summed E-state index contributed by atoms with van der Waals surface area (Å²) < 4.78 is 0. The van der Waals surface area contributed by atoms with Gasteiger partial charge in [-0.25, -0.2) is 9.96 Å². The summed E-state index contributed by atoms with van der Waals surface area (Å²) in [5.41, 5.74) is 2.04. The van der Waals surface area contributed by atoms with Gasteiger partial charge in [0.1, 0.15) is 5.92 Å². The number of anilines is 2. The van der Waals surface area contributed by atoms with E-state index in [-0.39, 0.29) is 5.91 Å². The number of benzene rings is 3. The predicted molar refractivity (Wildman–Crippen MR) is 115 cm³/mol. The van der Waals surface area contributed by atoms with Gasteiger partial charge in [-0.05, 0) is 48.0 Å². The fraction of sp³-hybridized carbons (Fsp3) is 0.130. The molecule has 2 aliphatic rings. The Morgan fingerprint density at radius 2 is 1.43 bits per heavy atom. The van der Waals surface area contributed by atoms with Crippen molar-refractivity contribution in [2.75, 3.05) is 9.96 Å². The molecule has 3 atom stereocenters. The summed E-state index contributed by atoms with van der Waals surface area (Å²) in [7, 11) is 0. The van der Waals surface area contributed by atoms with Crippen LogP contribution in [-0.2, 0) is 14.4 Å². The normalized spacial score (nSPS) is 23.2. The molecule has 0 aromatic heterocycles. The molecular formula is C23H16Cl2N2O3. The first-order chi connectivity index (χ1) is 14.5. The fourth-order valence-electron chi connectivity index (χ4n) is 4.08. The molecule has 5 nitrogen and oxygen atoms in total. The van der Waals surface area contributed by atoms with E-state index < -0.39 is 24.0 Å². The highest BCUT2D eigenvalue weighted by Crippen LogP contribution is 2.47. The number of imide groups is 1. The molecule has 2 aliphatic heterocycles. The molecular weight excluding hydrogens is 423 g/mol. The van der Waals surface area contributed by atoms with Crippen LogP contribution in [0.3, 0.4) is 0 Å². The quantitative estimate of drug-likeness (QED) is 0.537. The predicted octanol–water partition coefficient (Wildman–Crippen LogP) is 5.04. The molecule has 30 heavy (non-hydrogen) atoms. The van der Waals surface area contributed by atoms with Gasteiger partial charge in [0, 0.05) is 10.0 Å². The highest BCUT2D eigenvalue weighted by atomic mass is 35.5. The molecule has 0 spiro atoms. The molecule has 2 fully saturated rings. The summed E-state index contributed by atoms with van der Waals surface area (Å²) >= 11 is 12.1. The summed E-state index contributed by atoms with van der Waals surface area (Å²) in [6.07, 6.45) is -0.919. The first kappa shape index (κ1) is 19.1. The Balaban J connectivity index is 1.59. The van der Waals surface area contributed by atoms with Crippen molar-refractivity contribution in [1.29, 1.82) is 0 Å². The lowest BCUT2D eigenvalue weighted by molar-refractivity contribution is -0.126. The van der Waals surface area contributed by atoms with Crippen LogP contribution in [0.1, 0.15) is 11.6 Å². The first-order valence-corrected chi connectivity index (χ1v) is 10.2. The van der Waals surface area contributed by atoms with Crippen LogP contribution < -0.4 is 9.96 Å². The van der Waals surface area contributed by atoms with Crippen LogP contribution in [0.15, 0.2) is 78.9 Å². The van der Waals surface area contributed by atoms with Gasteiger partial charge in [-0.2, -0.15) is 0 Å². The Morgan fingerprint density at radius 3 is 2.13 bits per heavy atom. The van der Waals surface area contributed by atoms with E-state index in [0.29, 0.717) is 15.7 Å². The van der Waals surface area contributed by atoms with Gasteiger partial charge in [0.25, 0.3) is 5.91 Å². The van der Waals surface area contributed by atoms with Crippen molar-refractivity contribution < 1.29 is 14.4 Å². The maximum Gasteiger partial charge on any atom is 0.266 e. The third-order valence-electron chi connectivity index (χ3n) is 5.40. The number of carbonyl (C=O) groups excluding carboxylic acids is 2. The molecule has 2 amide bonds. The van der Waals surface area contributed by atoms with Crippen LogP contribution in [0.5, 0.6) is 0 Å². The summed E-state index contributed by atoms with van der Waals surface area (Å²) in [6, 6.07) is 22.9. The summed E-state index contributed by atoms with van der Waals surface area (Å²) in [4.78, 5) is 33.9. The van der Waals surface area contributed by atoms with Crippen LogP contribution in [0.2, 0.25) is 10.0 Å². The number of hydrogen-bond acceptors (Lipinski definition) is 4. The van der Waals surface area contributed by atoms with Crippen LogP contribution in [-0.4, -0.2) is 17.9 Å². The third-order valence-corrected chi connectivity index (χ3v) is 5.89. The van der Waals surface area contributed by atoms with Crippen molar-refractivity contribution in [1.82, 2.24) is 0 Å². The van der Waals surface area contributed by atoms with Gasteiger partial charge in [0.15, 0.2) is 6.10 Å². The minimum absolute atomic E-state index is 0.314. The van der Waals surface area contributed by atoms with E-state index in [4.69, 9.17) is 28.0 Å². The number of nitrogens with zero attached hydrogens (tertiary/aromatic N) is 2. The summed E-state index contributed by atoms with van der Waals surface area (Å²) in [6.45, 7) is 0. The first-order valence-electron chi connectivity index (χ1n) is 9.44. The van der Waals surface area contributed by atoms with Gasteiger partial charge in [-0.3, -0.25) is 14.4 Å². The lowest BCUT2D eigenvalue weighted by Crippen LogP contribution is -2.37. The van der Waals surface area contributed by atoms with E-state index in [9.17, 15) is 9.59 Å². The number of rotatable bonds is 3. The molecule has 0 N–H and O–H groups in total. The second kappa shape index (κ2) is 7.43. The van der Waals surface area contributed by atoms with Crippen molar-refractivity contribution in [3.8, 4) is 0 Å². The highest BCUT2D eigenvalue weighted by Gasteiger charge is 2.60. The summed E-state index contributed by atoms with van der Waals surface area (Å²) in [5, 5.41) is 2.70. The van der Waals surface area contributed by atoms with Gasteiger partial charge in [0.2, 0.25) is 5.91 Å². The Kier molecular flexibility index (Phi) is 4.74. The van der Waals surface area contributed by atoms with E-state index in [1.54, 1.807) is 41.5 Å². The molecule has 150 valence electrons. The maximum absolute atomic E-state index is 13.5. The van der Waals surface area contributed by atoms with Crippen LogP contribution in [0.25, 0.3) is 0 Å². The minimum Gasteiger partial charge on any atom is -0.273 e. The molecule has 5 rings (SSSR count). The van der Waals surface area contributed by atoms with Gasteiger partial charge in [0.05, 0.1) is 17.4 Å². The molecule has 7 heteroatoms. The number of amides is 2. The average Bonchev–Trinajstić information content (AvgIpc) is 3.26. The standard InChI is InChI=1S/C23H16Cl2N2O3/c24-15-11-9-14(10-12-15)20-19-21(30-27(20)17-6-2-1-3-7-17)23(29)26(22(19)28)18-8-4-5-16(25)13-18/h1-13,19-21H. The monoisotopic (exact) mass is 438 g/mol. The van der Waals surface area contributed by atoms with Crippen LogP contribution >= 0.6 is 23.2 Å². The SMILES string of the molecule is O=C1C2ON(c3ccccc3)C(c3ccc(Cl)cc3)C2C(=O)N1c1cccc(Cl)c1. The zero-order valence-corrected chi connectivity index (χ0v) is 17.1. The Morgan fingerprint density at radius 1 is 0.733 bits per heavy atom. The zero-order chi connectivity index (χ0) is 20.8. The zero-order valence-electron chi connectivity index (χ0n) is 15.6. The number of hydrogen-bond donors (Lipinski definition) is 0. The van der Waals surface area contributed by atoms with Gasteiger partial charge >= 0.3 is 0 Å². The number of fused-ring (bicyclic) bond motifs is 1. The Labute approximate surface area is 183 Å². The van der Waals surface area contributed by atoms with E-state index in [0.717, 1.165) is 11.3 Å². The average molecular weight is 439 g/mol. The molecule has 0 bridgehead atoms. The maximum atomic E-state index is 13.5. The number of para-hydroxylation sites is 1. The van der Waals surface area contributed by atoms with E-state index >= 15 is 0 Å².